The Morgan fingerprint density at radius 2 is 1.81 bits per heavy atom. The molecule has 0 spiro atoms. The Bertz CT molecular complexity index is 719. The summed E-state index contributed by atoms with van der Waals surface area (Å²) in [5.41, 5.74) is 1.31. The number of aryl methyl sites for hydroxylation is 1. The highest BCUT2D eigenvalue weighted by Crippen LogP contribution is 2.15. The zero-order valence-corrected chi connectivity index (χ0v) is 13.2. The average Bonchev–Trinajstić information content (AvgIpc) is 2.87. The molecule has 0 bridgehead atoms. The second-order valence-corrected chi connectivity index (χ2v) is 6.24. The number of carbonyl (C=O) groups excluding carboxylic acids is 2. The van der Waals surface area contributed by atoms with E-state index in [0.29, 0.717) is 21.7 Å². The minimum Gasteiger partial charge on any atom is -0.347 e. The molecule has 1 aromatic heterocycles. The van der Waals surface area contributed by atoms with Crippen molar-refractivity contribution in [3.8, 4) is 0 Å². The van der Waals surface area contributed by atoms with Crippen LogP contribution in [-0.4, -0.2) is 32.5 Å². The number of carbonyl (C=O) groups is 2. The number of alkyl halides is 1. The zero-order chi connectivity index (χ0) is 15.6. The number of halogens is 1. The van der Waals surface area contributed by atoms with E-state index in [1.165, 1.54) is 0 Å². The molecule has 1 heterocycles. The molecule has 0 saturated heterocycles. The van der Waals surface area contributed by atoms with Gasteiger partial charge in [-0.1, -0.05) is 0 Å². The summed E-state index contributed by atoms with van der Waals surface area (Å²) >= 11 is 5.52. The molecular formula is C15H14ClNO3S. The number of rotatable bonds is 5. The lowest BCUT2D eigenvalue weighted by Crippen LogP contribution is -2.06. The Morgan fingerprint density at radius 3 is 2.33 bits per heavy atom. The number of Topliss-reactive ketones (excluding diaryl/α,β-unsaturated/α-hetero) is 1. The second-order valence-electron chi connectivity index (χ2n) is 4.59. The van der Waals surface area contributed by atoms with Gasteiger partial charge in [0.25, 0.3) is 0 Å². The summed E-state index contributed by atoms with van der Waals surface area (Å²) in [6.45, 7) is 0. The maximum Gasteiger partial charge on any atom is 0.209 e. The SMILES string of the molecule is Cn1cc(C(=O)CCl)cc1C(=O)c1ccc(S(C)=O)cc1. The van der Waals surface area contributed by atoms with Crippen molar-refractivity contribution >= 4 is 34.0 Å². The summed E-state index contributed by atoms with van der Waals surface area (Å²) < 4.78 is 12.9. The van der Waals surface area contributed by atoms with Gasteiger partial charge in [0.2, 0.25) is 5.78 Å². The normalized spacial score (nSPS) is 12.1. The van der Waals surface area contributed by atoms with Gasteiger partial charge >= 0.3 is 0 Å². The van der Waals surface area contributed by atoms with Crippen molar-refractivity contribution in [2.24, 2.45) is 7.05 Å². The first kappa shape index (κ1) is 15.7. The molecule has 0 fully saturated rings. The number of aromatic nitrogens is 1. The Labute approximate surface area is 130 Å². The van der Waals surface area contributed by atoms with Gasteiger partial charge < -0.3 is 4.57 Å². The van der Waals surface area contributed by atoms with Crippen LogP contribution in [0.15, 0.2) is 41.4 Å². The molecule has 1 aromatic carbocycles. The molecule has 6 heteroatoms. The van der Waals surface area contributed by atoms with E-state index in [9.17, 15) is 13.8 Å². The van der Waals surface area contributed by atoms with Crippen LogP contribution in [0, 0.1) is 0 Å². The van der Waals surface area contributed by atoms with Gasteiger partial charge in [0, 0.05) is 46.3 Å². The van der Waals surface area contributed by atoms with Gasteiger partial charge in [-0.25, -0.2) is 0 Å². The quantitative estimate of drug-likeness (QED) is 0.627. The number of hydrogen-bond donors (Lipinski definition) is 0. The molecular weight excluding hydrogens is 310 g/mol. The van der Waals surface area contributed by atoms with Crippen molar-refractivity contribution in [2.45, 2.75) is 4.90 Å². The monoisotopic (exact) mass is 323 g/mol. The van der Waals surface area contributed by atoms with Crippen LogP contribution in [0.5, 0.6) is 0 Å². The lowest BCUT2D eigenvalue weighted by Gasteiger charge is -2.03. The summed E-state index contributed by atoms with van der Waals surface area (Å²) in [7, 11) is 0.624. The highest BCUT2D eigenvalue weighted by molar-refractivity contribution is 7.84. The fourth-order valence-electron chi connectivity index (χ4n) is 1.97. The van der Waals surface area contributed by atoms with Gasteiger partial charge in [0.1, 0.15) is 0 Å². The van der Waals surface area contributed by atoms with Gasteiger partial charge in [0.05, 0.1) is 11.6 Å². The zero-order valence-electron chi connectivity index (χ0n) is 11.6. The van der Waals surface area contributed by atoms with Gasteiger partial charge in [-0.3, -0.25) is 13.8 Å². The Morgan fingerprint density at radius 1 is 1.19 bits per heavy atom. The molecule has 0 aliphatic carbocycles. The third-order valence-electron chi connectivity index (χ3n) is 3.13. The van der Waals surface area contributed by atoms with Crippen LogP contribution < -0.4 is 0 Å². The summed E-state index contributed by atoms with van der Waals surface area (Å²) in [5, 5.41) is 0. The van der Waals surface area contributed by atoms with Crippen molar-refractivity contribution in [1.29, 1.82) is 0 Å². The first-order valence-corrected chi connectivity index (χ1v) is 8.27. The summed E-state index contributed by atoms with van der Waals surface area (Å²) in [5.74, 6) is -0.531. The van der Waals surface area contributed by atoms with E-state index in [0.717, 1.165) is 0 Å². The van der Waals surface area contributed by atoms with Crippen LogP contribution in [0.2, 0.25) is 0 Å². The third-order valence-corrected chi connectivity index (χ3v) is 4.31. The predicted molar refractivity (Wildman–Crippen MR) is 82.7 cm³/mol. The average molecular weight is 324 g/mol. The maximum absolute atomic E-state index is 12.4. The van der Waals surface area contributed by atoms with E-state index < -0.39 is 10.8 Å². The molecule has 2 rings (SSSR count). The minimum absolute atomic E-state index is 0.116. The van der Waals surface area contributed by atoms with Crippen molar-refractivity contribution in [2.75, 3.05) is 12.1 Å². The highest BCUT2D eigenvalue weighted by atomic mass is 35.5. The topological polar surface area (TPSA) is 56.1 Å². The van der Waals surface area contributed by atoms with Crippen LogP contribution in [0.4, 0.5) is 0 Å². The van der Waals surface area contributed by atoms with E-state index in [1.807, 2.05) is 0 Å². The van der Waals surface area contributed by atoms with Crippen molar-refractivity contribution < 1.29 is 13.8 Å². The van der Waals surface area contributed by atoms with Crippen LogP contribution in [0.3, 0.4) is 0 Å². The molecule has 0 radical (unpaired) electrons. The van der Waals surface area contributed by atoms with E-state index in [2.05, 4.69) is 0 Å². The summed E-state index contributed by atoms with van der Waals surface area (Å²) in [4.78, 5) is 24.7. The lowest BCUT2D eigenvalue weighted by atomic mass is 10.1. The van der Waals surface area contributed by atoms with E-state index in [4.69, 9.17) is 11.6 Å². The molecule has 0 aliphatic heterocycles. The van der Waals surface area contributed by atoms with Crippen LogP contribution in [0.25, 0.3) is 0 Å². The first-order chi connectivity index (χ1) is 9.93. The van der Waals surface area contributed by atoms with Crippen molar-refractivity contribution in [1.82, 2.24) is 4.57 Å². The number of hydrogen-bond acceptors (Lipinski definition) is 3. The molecule has 0 saturated carbocycles. The molecule has 2 aromatic rings. The fraction of sp³-hybridized carbons (Fsp3) is 0.200. The lowest BCUT2D eigenvalue weighted by molar-refractivity contribution is 0.101. The number of benzene rings is 1. The Kier molecular flexibility index (Phi) is 4.75. The minimum atomic E-state index is -1.08. The maximum atomic E-state index is 12.4. The van der Waals surface area contributed by atoms with Crippen molar-refractivity contribution in [3.05, 3.63) is 53.3 Å². The summed E-state index contributed by atoms with van der Waals surface area (Å²) in [6, 6.07) is 8.14. The largest absolute Gasteiger partial charge is 0.347 e. The molecule has 21 heavy (non-hydrogen) atoms. The first-order valence-electron chi connectivity index (χ1n) is 6.17. The van der Waals surface area contributed by atoms with Crippen LogP contribution >= 0.6 is 11.6 Å². The predicted octanol–water partition coefficient (Wildman–Crippen LogP) is 2.42. The second kappa shape index (κ2) is 6.37. The Hall–Kier alpha value is -1.72. The third kappa shape index (κ3) is 3.31. The molecule has 0 N–H and O–H groups in total. The Balaban J connectivity index is 2.33. The molecule has 1 unspecified atom stereocenters. The van der Waals surface area contributed by atoms with E-state index in [-0.39, 0.29) is 17.4 Å². The van der Waals surface area contributed by atoms with Crippen LogP contribution in [0.1, 0.15) is 26.4 Å². The van der Waals surface area contributed by atoms with E-state index in [1.54, 1.807) is 54.4 Å². The molecule has 110 valence electrons. The highest BCUT2D eigenvalue weighted by Gasteiger charge is 2.17. The smallest absolute Gasteiger partial charge is 0.209 e. The van der Waals surface area contributed by atoms with Crippen molar-refractivity contribution in [3.63, 3.8) is 0 Å². The van der Waals surface area contributed by atoms with Gasteiger partial charge in [-0.15, -0.1) is 11.6 Å². The summed E-state index contributed by atoms with van der Waals surface area (Å²) in [6.07, 6.45) is 3.17. The number of nitrogens with zero attached hydrogens (tertiary/aromatic N) is 1. The molecule has 1 atom stereocenters. The molecule has 0 amide bonds. The van der Waals surface area contributed by atoms with Crippen LogP contribution in [-0.2, 0) is 17.8 Å². The van der Waals surface area contributed by atoms with Gasteiger partial charge in [-0.05, 0) is 30.3 Å². The van der Waals surface area contributed by atoms with Gasteiger partial charge in [-0.2, -0.15) is 0 Å². The van der Waals surface area contributed by atoms with Gasteiger partial charge in [0.15, 0.2) is 5.78 Å². The fourth-order valence-corrected chi connectivity index (χ4v) is 2.64. The standard InChI is InChI=1S/C15H14ClNO3S/c1-17-9-11(14(18)8-16)7-13(17)15(19)10-3-5-12(6-4-10)21(2)20/h3-7,9H,8H2,1-2H3. The van der Waals surface area contributed by atoms with E-state index >= 15 is 0 Å². The molecule has 0 aliphatic rings. The number of ketones is 2. The molecule has 4 nitrogen and oxygen atoms in total.